The van der Waals surface area contributed by atoms with E-state index in [0.717, 1.165) is 28.1 Å². The maximum atomic E-state index is 4.27. The number of imidazole rings is 1. The molecule has 2 aromatic rings. The molecular weight excluding hydrogens is 234 g/mol. The molecule has 1 aliphatic carbocycles. The van der Waals surface area contributed by atoms with Gasteiger partial charge in [0.25, 0.3) is 0 Å². The van der Waals surface area contributed by atoms with Crippen LogP contribution in [0, 0.1) is 13.8 Å². The van der Waals surface area contributed by atoms with Crippen LogP contribution in [0.5, 0.6) is 0 Å². The fourth-order valence-electron chi connectivity index (χ4n) is 1.62. The monoisotopic (exact) mass is 249 g/mol. The highest BCUT2D eigenvalue weighted by Gasteiger charge is 2.20. The number of rotatable bonds is 4. The van der Waals surface area contributed by atoms with Crippen molar-refractivity contribution < 1.29 is 0 Å². The summed E-state index contributed by atoms with van der Waals surface area (Å²) in [5.74, 6) is 0. The molecule has 0 unspecified atom stereocenters. The van der Waals surface area contributed by atoms with Gasteiger partial charge in [-0.3, -0.25) is 4.57 Å². The van der Waals surface area contributed by atoms with Crippen molar-refractivity contribution in [2.75, 3.05) is 0 Å². The van der Waals surface area contributed by atoms with Gasteiger partial charge >= 0.3 is 0 Å². The van der Waals surface area contributed by atoms with Gasteiger partial charge in [0.1, 0.15) is 11.3 Å². The van der Waals surface area contributed by atoms with E-state index in [1.54, 1.807) is 11.3 Å². The molecule has 0 radical (unpaired) electrons. The van der Waals surface area contributed by atoms with Gasteiger partial charge in [0.2, 0.25) is 5.13 Å². The van der Waals surface area contributed by atoms with Crippen LogP contribution in [0.15, 0.2) is 6.33 Å². The fraction of sp³-hybridized carbons (Fsp3) is 0.545. The van der Waals surface area contributed by atoms with E-state index in [1.807, 2.05) is 24.7 Å². The van der Waals surface area contributed by atoms with Gasteiger partial charge in [-0.15, -0.1) is 10.2 Å². The third-order valence-electron chi connectivity index (χ3n) is 3.03. The minimum atomic E-state index is 0.708. The quantitative estimate of drug-likeness (QED) is 0.894. The lowest BCUT2D eigenvalue weighted by Crippen LogP contribution is -2.14. The average molecular weight is 249 g/mol. The van der Waals surface area contributed by atoms with Crippen LogP contribution in [0.4, 0.5) is 0 Å². The molecule has 0 bridgehead atoms. The molecule has 0 aromatic carbocycles. The van der Waals surface area contributed by atoms with Crippen LogP contribution < -0.4 is 5.32 Å². The minimum absolute atomic E-state index is 0.708. The Labute approximate surface area is 104 Å². The maximum absolute atomic E-state index is 4.27. The van der Waals surface area contributed by atoms with Crippen LogP contribution >= 0.6 is 11.3 Å². The first-order valence-electron chi connectivity index (χ1n) is 5.80. The molecule has 17 heavy (non-hydrogen) atoms. The van der Waals surface area contributed by atoms with E-state index in [4.69, 9.17) is 0 Å². The molecule has 3 rings (SSSR count). The Hall–Kier alpha value is -1.27. The predicted molar refractivity (Wildman–Crippen MR) is 66.4 cm³/mol. The second kappa shape index (κ2) is 4.19. The third-order valence-corrected chi connectivity index (χ3v) is 3.96. The molecule has 5 nitrogen and oxygen atoms in total. The number of nitrogens with one attached hydrogen (secondary N) is 1. The SMILES string of the molecule is Cc1ncn(-c2nnc(CNC3CC3)s2)c1C. The van der Waals surface area contributed by atoms with Crippen molar-refractivity contribution in [2.24, 2.45) is 0 Å². The number of hydrogen-bond acceptors (Lipinski definition) is 5. The fourth-order valence-corrected chi connectivity index (χ4v) is 2.44. The summed E-state index contributed by atoms with van der Waals surface area (Å²) in [6, 6.07) is 0.708. The summed E-state index contributed by atoms with van der Waals surface area (Å²) < 4.78 is 1.99. The molecule has 1 fully saturated rings. The zero-order valence-electron chi connectivity index (χ0n) is 9.97. The van der Waals surface area contributed by atoms with E-state index >= 15 is 0 Å². The molecule has 2 heterocycles. The Morgan fingerprint density at radius 3 is 2.88 bits per heavy atom. The van der Waals surface area contributed by atoms with Crippen molar-refractivity contribution in [3.05, 3.63) is 22.7 Å². The van der Waals surface area contributed by atoms with Crippen molar-refractivity contribution in [2.45, 2.75) is 39.3 Å². The summed E-state index contributed by atoms with van der Waals surface area (Å²) in [6.45, 7) is 4.88. The average Bonchev–Trinajstić information content (AvgIpc) is 2.95. The molecule has 90 valence electrons. The van der Waals surface area contributed by atoms with Crippen LogP contribution in [0.25, 0.3) is 5.13 Å². The van der Waals surface area contributed by atoms with E-state index in [1.165, 1.54) is 12.8 Å². The van der Waals surface area contributed by atoms with E-state index < -0.39 is 0 Å². The Morgan fingerprint density at radius 1 is 1.41 bits per heavy atom. The van der Waals surface area contributed by atoms with E-state index in [0.29, 0.717) is 6.04 Å². The summed E-state index contributed by atoms with van der Waals surface area (Å²) in [4.78, 5) is 4.27. The zero-order valence-corrected chi connectivity index (χ0v) is 10.8. The molecule has 1 aliphatic rings. The standard InChI is InChI=1S/C11H15N5S/c1-7-8(2)16(6-13-7)11-15-14-10(17-11)5-12-9-3-4-9/h6,9,12H,3-5H2,1-2H3. The van der Waals surface area contributed by atoms with Gasteiger partial charge in [0.15, 0.2) is 0 Å². The van der Waals surface area contributed by atoms with Crippen LogP contribution in [-0.2, 0) is 6.54 Å². The maximum Gasteiger partial charge on any atom is 0.217 e. The van der Waals surface area contributed by atoms with Crippen molar-refractivity contribution in [1.82, 2.24) is 25.1 Å². The van der Waals surface area contributed by atoms with Gasteiger partial charge in [0, 0.05) is 11.7 Å². The lowest BCUT2D eigenvalue weighted by atomic mass is 10.4. The van der Waals surface area contributed by atoms with Gasteiger partial charge in [-0.25, -0.2) is 4.98 Å². The lowest BCUT2D eigenvalue weighted by molar-refractivity contribution is 0.678. The Kier molecular flexibility index (Phi) is 2.68. The van der Waals surface area contributed by atoms with Crippen LogP contribution in [-0.4, -0.2) is 25.8 Å². The largest absolute Gasteiger partial charge is 0.308 e. The van der Waals surface area contributed by atoms with Crippen LogP contribution in [0.2, 0.25) is 0 Å². The van der Waals surface area contributed by atoms with Crippen molar-refractivity contribution in [3.8, 4) is 5.13 Å². The van der Waals surface area contributed by atoms with E-state index in [-0.39, 0.29) is 0 Å². The van der Waals surface area contributed by atoms with Crippen LogP contribution in [0.1, 0.15) is 29.2 Å². The summed E-state index contributed by atoms with van der Waals surface area (Å²) in [6.07, 6.45) is 4.40. The minimum Gasteiger partial charge on any atom is -0.308 e. The second-order valence-corrected chi connectivity index (χ2v) is 5.46. The van der Waals surface area contributed by atoms with Gasteiger partial charge in [0.05, 0.1) is 12.2 Å². The molecule has 0 atom stereocenters. The highest BCUT2D eigenvalue weighted by Crippen LogP contribution is 2.21. The number of aromatic nitrogens is 4. The van der Waals surface area contributed by atoms with Gasteiger partial charge < -0.3 is 5.32 Å². The predicted octanol–water partition coefficient (Wildman–Crippen LogP) is 1.59. The second-order valence-electron chi connectivity index (χ2n) is 4.42. The van der Waals surface area contributed by atoms with Crippen molar-refractivity contribution in [1.29, 1.82) is 0 Å². The Morgan fingerprint density at radius 2 is 2.24 bits per heavy atom. The highest BCUT2D eigenvalue weighted by atomic mass is 32.1. The first-order chi connectivity index (χ1) is 8.24. The smallest absolute Gasteiger partial charge is 0.217 e. The molecule has 6 heteroatoms. The first kappa shape index (κ1) is 10.9. The molecule has 0 aliphatic heterocycles. The summed E-state index contributed by atoms with van der Waals surface area (Å²) in [5.41, 5.74) is 2.17. The summed E-state index contributed by atoms with van der Waals surface area (Å²) >= 11 is 1.62. The molecular formula is C11H15N5S. The van der Waals surface area contributed by atoms with E-state index in [9.17, 15) is 0 Å². The molecule has 1 N–H and O–H groups in total. The number of nitrogens with zero attached hydrogens (tertiary/aromatic N) is 4. The molecule has 0 spiro atoms. The Bertz CT molecular complexity index is 526. The zero-order chi connectivity index (χ0) is 11.8. The highest BCUT2D eigenvalue weighted by molar-refractivity contribution is 7.13. The van der Waals surface area contributed by atoms with Gasteiger partial charge in [-0.2, -0.15) is 0 Å². The summed E-state index contributed by atoms with van der Waals surface area (Å²) in [5, 5.41) is 13.8. The van der Waals surface area contributed by atoms with Gasteiger partial charge in [-0.1, -0.05) is 11.3 Å². The third kappa shape index (κ3) is 2.23. The normalized spacial score (nSPS) is 15.4. The Balaban J connectivity index is 1.76. The number of aryl methyl sites for hydroxylation is 1. The van der Waals surface area contributed by atoms with Crippen molar-refractivity contribution in [3.63, 3.8) is 0 Å². The first-order valence-corrected chi connectivity index (χ1v) is 6.62. The summed E-state index contributed by atoms with van der Waals surface area (Å²) in [7, 11) is 0. The van der Waals surface area contributed by atoms with E-state index in [2.05, 4.69) is 20.5 Å². The molecule has 0 amide bonds. The topological polar surface area (TPSA) is 55.6 Å². The molecule has 1 saturated carbocycles. The lowest BCUT2D eigenvalue weighted by Gasteiger charge is -1.98. The number of hydrogen-bond donors (Lipinski definition) is 1. The van der Waals surface area contributed by atoms with Crippen LogP contribution in [0.3, 0.4) is 0 Å². The molecule has 2 aromatic heterocycles. The molecule has 0 saturated heterocycles. The van der Waals surface area contributed by atoms with Gasteiger partial charge in [-0.05, 0) is 26.7 Å². The van der Waals surface area contributed by atoms with Crippen molar-refractivity contribution >= 4 is 11.3 Å².